The molecule has 0 aliphatic heterocycles. The SMILES string of the molecule is Cc1ccc([N]S(N)(=O)=O)cc1. The Morgan fingerprint density at radius 1 is 1.25 bits per heavy atom. The predicted octanol–water partition coefficient (Wildman–Crippen LogP) is 0.434. The molecule has 1 aromatic rings. The van der Waals surface area contributed by atoms with Gasteiger partial charge in [0, 0.05) is 0 Å². The molecule has 1 radical (unpaired) electrons. The molecule has 0 saturated carbocycles. The number of hydrogen-bond donors (Lipinski definition) is 1. The topological polar surface area (TPSA) is 74.3 Å². The van der Waals surface area contributed by atoms with Gasteiger partial charge in [-0.15, -0.1) is 0 Å². The number of benzene rings is 1. The van der Waals surface area contributed by atoms with Crippen LogP contribution in [0.3, 0.4) is 0 Å². The fourth-order valence-corrected chi connectivity index (χ4v) is 1.17. The molecule has 0 heterocycles. The van der Waals surface area contributed by atoms with Crippen LogP contribution in [-0.4, -0.2) is 8.42 Å². The Hall–Kier alpha value is -1.07. The fraction of sp³-hybridized carbons (Fsp3) is 0.143. The van der Waals surface area contributed by atoms with Crippen molar-refractivity contribution in [1.29, 1.82) is 0 Å². The lowest BCUT2D eigenvalue weighted by Crippen LogP contribution is -2.20. The van der Waals surface area contributed by atoms with E-state index in [1.165, 1.54) is 0 Å². The molecule has 5 heteroatoms. The van der Waals surface area contributed by atoms with Crippen LogP contribution in [0.5, 0.6) is 0 Å². The Bertz CT molecular complexity index is 355. The quantitative estimate of drug-likeness (QED) is 0.725. The molecule has 0 spiro atoms. The minimum Gasteiger partial charge on any atom is -0.210 e. The van der Waals surface area contributed by atoms with E-state index in [9.17, 15) is 8.42 Å². The number of nitrogens with two attached hydrogens (primary N) is 1. The first-order chi connectivity index (χ1) is 5.47. The first kappa shape index (κ1) is 9.02. The second-order valence-corrected chi connectivity index (χ2v) is 3.65. The number of hydrogen-bond acceptors (Lipinski definition) is 2. The van der Waals surface area contributed by atoms with Gasteiger partial charge in [0.05, 0.1) is 5.69 Å². The summed E-state index contributed by atoms with van der Waals surface area (Å²) in [6.45, 7) is 1.90. The van der Waals surface area contributed by atoms with Crippen LogP contribution in [0.25, 0.3) is 0 Å². The van der Waals surface area contributed by atoms with Crippen LogP contribution in [0.2, 0.25) is 0 Å². The monoisotopic (exact) mass is 185 g/mol. The van der Waals surface area contributed by atoms with Crippen molar-refractivity contribution >= 4 is 15.9 Å². The Kier molecular flexibility index (Phi) is 2.35. The van der Waals surface area contributed by atoms with Gasteiger partial charge < -0.3 is 0 Å². The van der Waals surface area contributed by atoms with Gasteiger partial charge in [-0.3, -0.25) is 0 Å². The second kappa shape index (κ2) is 3.12. The standard InChI is InChI=1S/C7H9N2O2S/c1-6-2-4-7(5-3-6)9-12(8,10)11/h2-5H,1H3,(H2,8,10,11). The highest BCUT2D eigenvalue weighted by atomic mass is 32.2. The zero-order valence-electron chi connectivity index (χ0n) is 6.56. The van der Waals surface area contributed by atoms with Gasteiger partial charge >= 0.3 is 10.2 Å². The molecule has 0 aliphatic rings. The summed E-state index contributed by atoms with van der Waals surface area (Å²) in [7, 11) is -3.77. The zero-order valence-corrected chi connectivity index (χ0v) is 7.38. The van der Waals surface area contributed by atoms with E-state index in [0.29, 0.717) is 5.69 Å². The number of aryl methyl sites for hydroxylation is 1. The van der Waals surface area contributed by atoms with Crippen LogP contribution in [0.1, 0.15) is 5.56 Å². The van der Waals surface area contributed by atoms with Gasteiger partial charge in [-0.1, -0.05) is 17.7 Å². The Labute approximate surface area is 71.6 Å². The molecule has 1 rings (SSSR count). The smallest absolute Gasteiger partial charge is 0.210 e. The van der Waals surface area contributed by atoms with Crippen molar-refractivity contribution < 1.29 is 8.42 Å². The van der Waals surface area contributed by atoms with Crippen molar-refractivity contribution in [3.05, 3.63) is 29.8 Å². The van der Waals surface area contributed by atoms with Crippen LogP contribution in [0.15, 0.2) is 24.3 Å². The highest BCUT2D eigenvalue weighted by Gasteiger charge is 2.03. The zero-order chi connectivity index (χ0) is 9.19. The summed E-state index contributed by atoms with van der Waals surface area (Å²) >= 11 is 0. The van der Waals surface area contributed by atoms with Crippen LogP contribution in [0.4, 0.5) is 5.69 Å². The molecule has 12 heavy (non-hydrogen) atoms. The summed E-state index contributed by atoms with van der Waals surface area (Å²) in [4.78, 5) is 0. The van der Waals surface area contributed by atoms with E-state index in [1.54, 1.807) is 24.3 Å². The van der Waals surface area contributed by atoms with E-state index >= 15 is 0 Å². The highest BCUT2D eigenvalue weighted by Crippen LogP contribution is 2.08. The molecular weight excluding hydrogens is 176 g/mol. The summed E-state index contributed by atoms with van der Waals surface area (Å²) in [5, 5.41) is 4.71. The van der Waals surface area contributed by atoms with Crippen molar-refractivity contribution in [3.63, 3.8) is 0 Å². The third kappa shape index (κ3) is 2.89. The maximum Gasteiger partial charge on any atom is 0.317 e. The molecule has 0 aromatic heterocycles. The molecule has 0 fully saturated rings. The number of rotatable bonds is 2. The molecule has 2 N–H and O–H groups in total. The van der Waals surface area contributed by atoms with Gasteiger partial charge in [-0.05, 0) is 19.1 Å². The number of nitrogens with zero attached hydrogens (tertiary/aromatic N) is 1. The van der Waals surface area contributed by atoms with Gasteiger partial charge in [0.15, 0.2) is 0 Å². The average molecular weight is 185 g/mol. The van der Waals surface area contributed by atoms with Gasteiger partial charge in [0.1, 0.15) is 0 Å². The molecule has 0 atom stereocenters. The maximum atomic E-state index is 10.5. The Balaban J connectivity index is 2.85. The van der Waals surface area contributed by atoms with E-state index < -0.39 is 10.2 Å². The third-order valence-corrected chi connectivity index (χ3v) is 1.73. The van der Waals surface area contributed by atoms with Crippen molar-refractivity contribution in [2.75, 3.05) is 0 Å². The van der Waals surface area contributed by atoms with E-state index in [1.807, 2.05) is 6.92 Å². The normalized spacial score (nSPS) is 11.2. The summed E-state index contributed by atoms with van der Waals surface area (Å²) in [6.07, 6.45) is 0. The van der Waals surface area contributed by atoms with Crippen molar-refractivity contribution in [2.45, 2.75) is 6.92 Å². The van der Waals surface area contributed by atoms with E-state index in [-0.39, 0.29) is 0 Å². The summed E-state index contributed by atoms with van der Waals surface area (Å²) < 4.78 is 24.3. The molecule has 65 valence electrons. The summed E-state index contributed by atoms with van der Waals surface area (Å²) in [5.74, 6) is 0. The first-order valence-corrected chi connectivity index (χ1v) is 4.80. The Morgan fingerprint density at radius 2 is 1.75 bits per heavy atom. The highest BCUT2D eigenvalue weighted by molar-refractivity contribution is 7.87. The lowest BCUT2D eigenvalue weighted by molar-refractivity contribution is 0.592. The van der Waals surface area contributed by atoms with Crippen molar-refractivity contribution in [1.82, 2.24) is 4.72 Å². The molecule has 0 unspecified atom stereocenters. The Morgan fingerprint density at radius 3 is 2.17 bits per heavy atom. The minimum absolute atomic E-state index is 0.350. The van der Waals surface area contributed by atoms with Crippen molar-refractivity contribution in [2.24, 2.45) is 5.14 Å². The van der Waals surface area contributed by atoms with Gasteiger partial charge in [0.2, 0.25) is 0 Å². The van der Waals surface area contributed by atoms with E-state index in [2.05, 4.69) is 4.72 Å². The lowest BCUT2D eigenvalue weighted by atomic mass is 10.2. The molecule has 1 aromatic carbocycles. The van der Waals surface area contributed by atoms with Crippen LogP contribution in [-0.2, 0) is 10.2 Å². The van der Waals surface area contributed by atoms with Crippen LogP contribution in [0, 0.1) is 6.92 Å². The molecule has 0 saturated heterocycles. The molecule has 0 bridgehead atoms. The molecular formula is C7H9N2O2S. The third-order valence-electron chi connectivity index (χ3n) is 1.27. The van der Waals surface area contributed by atoms with Gasteiger partial charge in [-0.25, -0.2) is 5.14 Å². The second-order valence-electron chi connectivity index (χ2n) is 2.44. The van der Waals surface area contributed by atoms with Crippen LogP contribution >= 0.6 is 0 Å². The minimum atomic E-state index is -3.77. The first-order valence-electron chi connectivity index (χ1n) is 3.30. The molecule has 4 nitrogen and oxygen atoms in total. The lowest BCUT2D eigenvalue weighted by Gasteiger charge is -1.98. The van der Waals surface area contributed by atoms with Gasteiger partial charge in [0.25, 0.3) is 0 Å². The predicted molar refractivity (Wildman–Crippen MR) is 46.1 cm³/mol. The summed E-state index contributed by atoms with van der Waals surface area (Å²) in [5.41, 5.74) is 1.39. The van der Waals surface area contributed by atoms with E-state index in [4.69, 9.17) is 5.14 Å². The van der Waals surface area contributed by atoms with Crippen molar-refractivity contribution in [3.8, 4) is 0 Å². The summed E-state index contributed by atoms with van der Waals surface area (Å²) in [6, 6.07) is 6.73. The van der Waals surface area contributed by atoms with Crippen LogP contribution < -0.4 is 9.86 Å². The van der Waals surface area contributed by atoms with Gasteiger partial charge in [-0.2, -0.15) is 13.1 Å². The van der Waals surface area contributed by atoms with E-state index in [0.717, 1.165) is 5.56 Å². The largest absolute Gasteiger partial charge is 0.317 e. The average Bonchev–Trinajstić information content (AvgIpc) is 1.91. The maximum absolute atomic E-state index is 10.5. The molecule has 0 amide bonds. The molecule has 0 aliphatic carbocycles. The fourth-order valence-electron chi connectivity index (χ4n) is 0.753.